The monoisotopic (exact) mass is 784 g/mol. The third-order valence-electron chi connectivity index (χ3n) is 11.4. The zero-order valence-electron chi connectivity index (χ0n) is 34.8. The van der Waals surface area contributed by atoms with Crippen LogP contribution in [-0.4, -0.2) is 51.6 Å². The predicted octanol–water partition coefficient (Wildman–Crippen LogP) is 11.3. The lowest BCUT2D eigenvalue weighted by Gasteiger charge is -2.38. The van der Waals surface area contributed by atoms with Crippen molar-refractivity contribution in [2.24, 2.45) is 0 Å². The molecule has 6 rings (SSSR count). The van der Waals surface area contributed by atoms with Crippen LogP contribution < -0.4 is 5.32 Å². The van der Waals surface area contributed by atoms with E-state index in [0.717, 1.165) is 65.0 Å². The van der Waals surface area contributed by atoms with Crippen molar-refractivity contribution in [3.63, 3.8) is 0 Å². The first-order chi connectivity index (χ1) is 28.5. The summed E-state index contributed by atoms with van der Waals surface area (Å²) in [5.74, 6) is -0.261. The van der Waals surface area contributed by atoms with Crippen molar-refractivity contribution in [3.8, 4) is 11.1 Å². The summed E-state index contributed by atoms with van der Waals surface area (Å²) >= 11 is 0. The predicted molar refractivity (Wildman–Crippen MR) is 234 cm³/mol. The number of aromatic nitrogens is 2. The Balaban J connectivity index is 1.15. The zero-order chi connectivity index (χ0) is 40.4. The van der Waals surface area contributed by atoms with Gasteiger partial charge in [-0.2, -0.15) is 0 Å². The van der Waals surface area contributed by atoms with Crippen molar-refractivity contribution in [2.45, 2.75) is 129 Å². The van der Waals surface area contributed by atoms with Gasteiger partial charge in [-0.1, -0.05) is 163 Å². The lowest BCUT2D eigenvalue weighted by Crippen LogP contribution is -2.40. The molecule has 1 saturated heterocycles. The Hall–Kier alpha value is -4.47. The minimum absolute atomic E-state index is 0.0118. The van der Waals surface area contributed by atoms with Gasteiger partial charge >= 0.3 is 0 Å². The lowest BCUT2D eigenvalue weighted by molar-refractivity contribution is -0.253. The molecule has 5 aromatic rings. The molecule has 3 atom stereocenters. The number of aliphatic hydroxyl groups excluding tert-OH is 1. The van der Waals surface area contributed by atoms with E-state index in [2.05, 4.69) is 76.5 Å². The van der Waals surface area contributed by atoms with Crippen LogP contribution in [0.1, 0.15) is 142 Å². The van der Waals surface area contributed by atoms with E-state index < -0.39 is 6.29 Å². The summed E-state index contributed by atoms with van der Waals surface area (Å²) in [7, 11) is 0. The first-order valence-corrected chi connectivity index (χ1v) is 22.0. The van der Waals surface area contributed by atoms with E-state index in [9.17, 15) is 9.90 Å². The number of hydrogen-bond acceptors (Lipinski definition) is 7. The van der Waals surface area contributed by atoms with E-state index in [4.69, 9.17) is 9.47 Å². The minimum atomic E-state index is -0.516. The molecule has 308 valence electrons. The van der Waals surface area contributed by atoms with Gasteiger partial charge in [0.1, 0.15) is 5.69 Å². The van der Waals surface area contributed by atoms with E-state index in [-0.39, 0.29) is 24.7 Å². The largest absolute Gasteiger partial charge is 0.392 e. The van der Waals surface area contributed by atoms with Gasteiger partial charge in [0, 0.05) is 25.1 Å². The fraction of sp³-hybridized carbons (Fsp3) is 0.460. The summed E-state index contributed by atoms with van der Waals surface area (Å²) in [6, 6.07) is 32.3. The molecule has 0 aliphatic carbocycles. The molecule has 0 spiro atoms. The molecule has 1 amide bonds. The molecule has 2 heterocycles. The van der Waals surface area contributed by atoms with Crippen LogP contribution in [0.2, 0.25) is 0 Å². The number of nitrogens with one attached hydrogen (secondary N) is 1. The Labute approximate surface area is 346 Å². The van der Waals surface area contributed by atoms with Gasteiger partial charge in [0.25, 0.3) is 5.91 Å². The lowest BCUT2D eigenvalue weighted by atomic mass is 9.97. The van der Waals surface area contributed by atoms with Crippen LogP contribution in [0.5, 0.6) is 0 Å². The second-order valence-corrected chi connectivity index (χ2v) is 15.9. The Morgan fingerprint density at radius 2 is 1.34 bits per heavy atom. The minimum Gasteiger partial charge on any atom is -0.392 e. The topological polar surface area (TPSA) is 96.8 Å². The summed E-state index contributed by atoms with van der Waals surface area (Å²) < 4.78 is 13.6. The Kier molecular flexibility index (Phi) is 17.3. The van der Waals surface area contributed by atoms with E-state index >= 15 is 0 Å². The number of nitrogens with zero attached hydrogens (tertiary/aromatic N) is 3. The van der Waals surface area contributed by atoms with Gasteiger partial charge in [-0.25, -0.2) is 4.98 Å². The van der Waals surface area contributed by atoms with Crippen molar-refractivity contribution in [1.82, 2.24) is 20.2 Å². The summed E-state index contributed by atoms with van der Waals surface area (Å²) in [5.41, 5.74) is 7.82. The van der Waals surface area contributed by atoms with Crippen LogP contribution in [0.25, 0.3) is 22.2 Å². The molecule has 0 unspecified atom stereocenters. The quantitative estimate of drug-likeness (QED) is 0.0637. The van der Waals surface area contributed by atoms with Gasteiger partial charge in [-0.05, 0) is 65.9 Å². The number of aliphatic hydroxyl groups is 1. The van der Waals surface area contributed by atoms with Gasteiger partial charge < -0.3 is 24.8 Å². The fourth-order valence-electron chi connectivity index (χ4n) is 7.96. The molecule has 0 saturated carbocycles. The first kappa shape index (κ1) is 43.1. The van der Waals surface area contributed by atoms with Crippen LogP contribution in [0.3, 0.4) is 0 Å². The van der Waals surface area contributed by atoms with Gasteiger partial charge in [0.2, 0.25) is 0 Å². The van der Waals surface area contributed by atoms with Crippen LogP contribution in [0.4, 0.5) is 0 Å². The molecule has 2 N–H and O–H groups in total. The van der Waals surface area contributed by atoms with Crippen molar-refractivity contribution in [1.29, 1.82) is 0 Å². The maximum Gasteiger partial charge on any atom is 0.271 e. The average Bonchev–Trinajstić information content (AvgIpc) is 3.27. The molecule has 1 aliphatic heterocycles. The van der Waals surface area contributed by atoms with Gasteiger partial charge in [0.05, 0.1) is 36.0 Å². The van der Waals surface area contributed by atoms with E-state index in [1.807, 2.05) is 54.6 Å². The number of hydrogen-bond donors (Lipinski definition) is 2. The second-order valence-electron chi connectivity index (χ2n) is 15.9. The highest BCUT2D eigenvalue weighted by atomic mass is 16.7. The molecule has 1 aliphatic rings. The Morgan fingerprint density at radius 1 is 0.724 bits per heavy atom. The van der Waals surface area contributed by atoms with Crippen LogP contribution in [0.15, 0.2) is 103 Å². The normalized spacial score (nSPS) is 16.9. The van der Waals surface area contributed by atoms with Gasteiger partial charge in [-0.15, -0.1) is 0 Å². The number of amides is 1. The van der Waals surface area contributed by atoms with E-state index in [1.54, 1.807) is 0 Å². The Morgan fingerprint density at radius 3 is 2.03 bits per heavy atom. The second kappa shape index (κ2) is 23.2. The highest BCUT2D eigenvalue weighted by molar-refractivity contribution is 5.93. The standard InChI is InChI=1S/C50H64N4O4/c1-3-5-7-9-11-17-31-54(32-18-12-10-8-6-4-2)36-43-33-48(40-25-23-38(37-55)24-26-40)58-50(57-43)41-29-27-39(28-30-41)44-20-14-13-19-42(44)34-52-49(56)47-35-51-45-21-15-16-22-46(45)53-47/h13-16,19-30,35,43,48,50,55H,3-12,17-18,31-34,36-37H2,1-2H3,(H,52,56)/t43-,48+,50+/m0/s1. The average molecular weight is 785 g/mol. The zero-order valence-corrected chi connectivity index (χ0v) is 34.8. The van der Waals surface area contributed by atoms with Crippen LogP contribution in [-0.2, 0) is 22.6 Å². The third-order valence-corrected chi connectivity index (χ3v) is 11.4. The number of benzene rings is 4. The summed E-state index contributed by atoms with van der Waals surface area (Å²) in [4.78, 5) is 24.7. The number of rotatable bonds is 23. The van der Waals surface area contributed by atoms with Crippen LogP contribution >= 0.6 is 0 Å². The molecule has 8 nitrogen and oxygen atoms in total. The molecule has 8 heteroatoms. The molecule has 4 aromatic carbocycles. The first-order valence-electron chi connectivity index (χ1n) is 22.0. The number of unbranched alkanes of at least 4 members (excludes halogenated alkanes) is 10. The number of carbonyl (C=O) groups excluding carboxylic acids is 1. The molecule has 58 heavy (non-hydrogen) atoms. The fourth-order valence-corrected chi connectivity index (χ4v) is 7.96. The summed E-state index contributed by atoms with van der Waals surface area (Å²) in [5, 5.41) is 12.8. The number of carbonyl (C=O) groups is 1. The maximum atomic E-state index is 13.1. The molecule has 0 bridgehead atoms. The Bertz CT molecular complexity index is 1950. The van der Waals surface area contributed by atoms with E-state index in [1.165, 1.54) is 83.2 Å². The maximum absolute atomic E-state index is 13.1. The van der Waals surface area contributed by atoms with Crippen LogP contribution in [0, 0.1) is 0 Å². The van der Waals surface area contributed by atoms with Crippen molar-refractivity contribution < 1.29 is 19.4 Å². The van der Waals surface area contributed by atoms with Crippen molar-refractivity contribution >= 4 is 16.9 Å². The third kappa shape index (κ3) is 12.8. The number of ether oxygens (including phenoxy) is 2. The van der Waals surface area contributed by atoms with Crippen molar-refractivity contribution in [2.75, 3.05) is 19.6 Å². The number of fused-ring (bicyclic) bond motifs is 1. The summed E-state index contributed by atoms with van der Waals surface area (Å²) in [6.45, 7) is 8.02. The smallest absolute Gasteiger partial charge is 0.271 e. The molecular weight excluding hydrogens is 721 g/mol. The van der Waals surface area contributed by atoms with Gasteiger partial charge in [-0.3, -0.25) is 9.78 Å². The molecule has 1 aromatic heterocycles. The van der Waals surface area contributed by atoms with E-state index in [0.29, 0.717) is 17.8 Å². The molecule has 0 radical (unpaired) electrons. The SMILES string of the molecule is CCCCCCCCN(CCCCCCCC)C[C@@H]1C[C@H](c2ccc(CO)cc2)O[C@H](c2ccc(-c3ccccc3CNC(=O)c3cnc4ccccc4n3)cc2)O1. The van der Waals surface area contributed by atoms with Crippen molar-refractivity contribution in [3.05, 3.63) is 131 Å². The summed E-state index contributed by atoms with van der Waals surface area (Å²) in [6.07, 6.45) is 17.2. The highest BCUT2D eigenvalue weighted by Gasteiger charge is 2.33. The highest BCUT2D eigenvalue weighted by Crippen LogP contribution is 2.39. The molecule has 1 fully saturated rings. The van der Waals surface area contributed by atoms with Gasteiger partial charge in [0.15, 0.2) is 6.29 Å². The number of para-hydroxylation sites is 2. The molecular formula is C50H64N4O4.